The fraction of sp³-hybridized carbons (Fsp3) is 0.680. The lowest BCUT2D eigenvalue weighted by Gasteiger charge is -2.61. The van der Waals surface area contributed by atoms with E-state index in [4.69, 9.17) is 4.74 Å². The number of aryl methyl sites for hydroxylation is 1. The predicted molar refractivity (Wildman–Crippen MR) is 111 cm³/mol. The second-order valence-corrected chi connectivity index (χ2v) is 10.1. The Hall–Kier alpha value is -1.28. The summed E-state index contributed by atoms with van der Waals surface area (Å²) in [6.45, 7) is 8.80. The molecule has 4 atom stereocenters. The summed E-state index contributed by atoms with van der Waals surface area (Å²) >= 11 is 0. The van der Waals surface area contributed by atoms with Gasteiger partial charge in [-0.15, -0.1) is 0 Å². The summed E-state index contributed by atoms with van der Waals surface area (Å²) in [6.07, 6.45) is 8.04. The Morgan fingerprint density at radius 2 is 1.93 bits per heavy atom. The first-order valence-electron chi connectivity index (χ1n) is 11.0. The first-order valence-corrected chi connectivity index (χ1v) is 11.0. The van der Waals surface area contributed by atoms with Crippen LogP contribution in [0.5, 0.6) is 5.75 Å². The highest BCUT2D eigenvalue weighted by atomic mass is 16.5. The zero-order chi connectivity index (χ0) is 19.0. The van der Waals surface area contributed by atoms with Gasteiger partial charge in [0, 0.05) is 23.4 Å². The Kier molecular flexibility index (Phi) is 3.86. The number of methoxy groups -OCH3 is 1. The second-order valence-electron chi connectivity index (χ2n) is 10.1. The molecule has 0 aromatic heterocycles. The molecule has 1 spiro atoms. The zero-order valence-electron chi connectivity index (χ0n) is 17.8. The van der Waals surface area contributed by atoms with Crippen molar-refractivity contribution in [1.82, 2.24) is 4.90 Å². The van der Waals surface area contributed by atoms with Gasteiger partial charge in [-0.2, -0.15) is 0 Å². The average Bonchev–Trinajstić information content (AvgIpc) is 3.46. The molecule has 4 aliphatic carbocycles. The third kappa shape index (κ3) is 2.23. The zero-order valence-corrected chi connectivity index (χ0v) is 17.8. The van der Waals surface area contributed by atoms with Crippen LogP contribution in [0.15, 0.2) is 29.3 Å². The molecular weight excluding hydrogens is 330 g/mol. The minimum atomic E-state index is 0.218. The van der Waals surface area contributed by atoms with Crippen molar-refractivity contribution < 1.29 is 4.74 Å². The molecule has 1 aromatic carbocycles. The number of hydrogen-bond acceptors (Lipinski definition) is 2. The van der Waals surface area contributed by atoms with Crippen molar-refractivity contribution in [2.24, 2.45) is 17.3 Å². The van der Waals surface area contributed by atoms with Gasteiger partial charge in [-0.05, 0) is 94.5 Å². The molecule has 0 heterocycles. The second kappa shape index (κ2) is 5.86. The molecule has 0 amide bonds. The standard InChI is InChI=1S/C25H35NO/c1-16-17(2)25-13-10-19-8-9-20(27-5)14-22(19)24(25,3)12-11-21(16)23(25)26(4)15-18-6-7-18/h8-9,14,18,21,23H,6-7,10-13,15H2,1-5H3/t21-,23-,24+,25+/m1/s1. The Bertz CT molecular complexity index is 807. The van der Waals surface area contributed by atoms with Crippen molar-refractivity contribution in [1.29, 1.82) is 0 Å². The van der Waals surface area contributed by atoms with Crippen LogP contribution in [-0.4, -0.2) is 31.6 Å². The van der Waals surface area contributed by atoms with Crippen molar-refractivity contribution in [2.75, 3.05) is 20.7 Å². The number of benzene rings is 1. The Balaban J connectivity index is 1.66. The smallest absolute Gasteiger partial charge is 0.119 e. The molecule has 2 bridgehead atoms. The SMILES string of the molecule is COc1ccc2c(c1)[C@]1(C)CC[C@@H]3C(C)=C(C)[C@@]1(CC2)[C@@H]3N(C)CC1CC1. The minimum absolute atomic E-state index is 0.218. The van der Waals surface area contributed by atoms with E-state index in [9.17, 15) is 0 Å². The van der Waals surface area contributed by atoms with Crippen LogP contribution in [0.1, 0.15) is 64.0 Å². The lowest BCUT2D eigenvalue weighted by Crippen LogP contribution is -2.62. The molecule has 0 unspecified atom stereocenters. The van der Waals surface area contributed by atoms with Crippen LogP contribution in [0.2, 0.25) is 0 Å². The predicted octanol–water partition coefficient (Wildman–Crippen LogP) is 5.36. The van der Waals surface area contributed by atoms with E-state index >= 15 is 0 Å². The number of rotatable bonds is 4. The van der Waals surface area contributed by atoms with Gasteiger partial charge in [0.1, 0.15) is 5.75 Å². The molecule has 2 heteroatoms. The molecule has 0 N–H and O–H groups in total. The molecule has 4 aliphatic rings. The number of fused-ring (bicyclic) bond motifs is 3. The van der Waals surface area contributed by atoms with Crippen LogP contribution >= 0.6 is 0 Å². The molecule has 0 aliphatic heterocycles. The van der Waals surface area contributed by atoms with Crippen LogP contribution < -0.4 is 4.74 Å². The molecule has 146 valence electrons. The fourth-order valence-electron chi connectivity index (χ4n) is 7.45. The van der Waals surface area contributed by atoms with Gasteiger partial charge in [0.25, 0.3) is 0 Å². The molecular formula is C25H35NO. The van der Waals surface area contributed by atoms with Crippen molar-refractivity contribution in [3.05, 3.63) is 40.5 Å². The lowest BCUT2D eigenvalue weighted by molar-refractivity contribution is -0.0214. The van der Waals surface area contributed by atoms with E-state index < -0.39 is 0 Å². The lowest BCUT2D eigenvalue weighted by atomic mass is 9.46. The summed E-state index contributed by atoms with van der Waals surface area (Å²) in [5.41, 5.74) is 7.07. The molecule has 5 rings (SSSR count). The van der Waals surface area contributed by atoms with Gasteiger partial charge in [0.05, 0.1) is 7.11 Å². The van der Waals surface area contributed by atoms with Crippen molar-refractivity contribution >= 4 is 0 Å². The average molecular weight is 366 g/mol. The topological polar surface area (TPSA) is 12.5 Å². The summed E-state index contributed by atoms with van der Waals surface area (Å²) in [5, 5.41) is 0. The van der Waals surface area contributed by atoms with Crippen molar-refractivity contribution in [2.45, 2.75) is 70.8 Å². The fourth-order valence-corrected chi connectivity index (χ4v) is 7.45. The summed E-state index contributed by atoms with van der Waals surface area (Å²) in [6, 6.07) is 7.54. The number of nitrogens with zero attached hydrogens (tertiary/aromatic N) is 1. The van der Waals surface area contributed by atoms with E-state index in [2.05, 4.69) is 50.9 Å². The van der Waals surface area contributed by atoms with E-state index in [-0.39, 0.29) is 5.41 Å². The Morgan fingerprint density at radius 1 is 1.15 bits per heavy atom. The number of hydrogen-bond donors (Lipinski definition) is 0. The first-order chi connectivity index (χ1) is 12.9. The largest absolute Gasteiger partial charge is 0.497 e. The van der Waals surface area contributed by atoms with Gasteiger partial charge in [-0.1, -0.05) is 24.1 Å². The van der Waals surface area contributed by atoms with Gasteiger partial charge in [-0.25, -0.2) is 0 Å². The Morgan fingerprint density at radius 3 is 2.63 bits per heavy atom. The first kappa shape index (κ1) is 17.8. The highest BCUT2D eigenvalue weighted by Crippen LogP contribution is 2.68. The normalized spacial score (nSPS) is 37.4. The van der Waals surface area contributed by atoms with Gasteiger partial charge in [-0.3, -0.25) is 0 Å². The maximum atomic E-state index is 5.64. The molecule has 0 radical (unpaired) electrons. The van der Waals surface area contributed by atoms with Crippen LogP contribution in [0.3, 0.4) is 0 Å². The van der Waals surface area contributed by atoms with Gasteiger partial charge < -0.3 is 9.64 Å². The monoisotopic (exact) mass is 365 g/mol. The van der Waals surface area contributed by atoms with E-state index in [0.29, 0.717) is 11.5 Å². The molecule has 27 heavy (non-hydrogen) atoms. The maximum Gasteiger partial charge on any atom is 0.119 e. The van der Waals surface area contributed by atoms with Gasteiger partial charge in [0.15, 0.2) is 0 Å². The summed E-state index contributed by atoms with van der Waals surface area (Å²) in [7, 11) is 4.23. The quantitative estimate of drug-likeness (QED) is 0.666. The molecule has 1 aromatic rings. The molecule has 0 saturated heterocycles. The van der Waals surface area contributed by atoms with Gasteiger partial charge in [0.2, 0.25) is 0 Å². The van der Waals surface area contributed by atoms with Crippen LogP contribution in [0.25, 0.3) is 0 Å². The molecule has 2 saturated carbocycles. The van der Waals surface area contributed by atoms with Crippen LogP contribution in [-0.2, 0) is 11.8 Å². The van der Waals surface area contributed by atoms with Crippen LogP contribution in [0.4, 0.5) is 0 Å². The van der Waals surface area contributed by atoms with E-state index in [1.165, 1.54) is 45.1 Å². The third-order valence-electron chi connectivity index (χ3n) is 9.06. The van der Waals surface area contributed by atoms with Crippen molar-refractivity contribution in [3.8, 4) is 5.75 Å². The summed E-state index contributed by atoms with van der Waals surface area (Å²) < 4.78 is 5.64. The van der Waals surface area contributed by atoms with E-state index in [1.54, 1.807) is 29.4 Å². The van der Waals surface area contributed by atoms with E-state index in [1.807, 2.05) is 0 Å². The molecule has 2 nitrogen and oxygen atoms in total. The minimum Gasteiger partial charge on any atom is -0.497 e. The highest BCUT2D eigenvalue weighted by molar-refractivity contribution is 5.52. The summed E-state index contributed by atoms with van der Waals surface area (Å²) in [4.78, 5) is 2.78. The number of ether oxygens (including phenoxy) is 1. The van der Waals surface area contributed by atoms with Crippen LogP contribution in [0, 0.1) is 17.3 Å². The van der Waals surface area contributed by atoms with Crippen molar-refractivity contribution in [3.63, 3.8) is 0 Å². The van der Waals surface area contributed by atoms with Gasteiger partial charge >= 0.3 is 0 Å². The van der Waals surface area contributed by atoms with E-state index in [0.717, 1.165) is 17.6 Å². The highest BCUT2D eigenvalue weighted by Gasteiger charge is 2.65. The Labute approximate surface area is 165 Å². The third-order valence-corrected chi connectivity index (χ3v) is 9.06. The maximum absolute atomic E-state index is 5.64. The summed E-state index contributed by atoms with van der Waals surface area (Å²) in [5.74, 6) is 2.73. The molecule has 2 fully saturated rings.